The molecule has 0 radical (unpaired) electrons. The quantitative estimate of drug-likeness (QED) is 0.664. The molecule has 1 heterocycles. The van der Waals surface area contributed by atoms with E-state index in [0.29, 0.717) is 18.0 Å². The first-order valence-corrected chi connectivity index (χ1v) is 10.1. The normalized spacial score (nSPS) is 14.3. The highest BCUT2D eigenvalue weighted by Crippen LogP contribution is 2.31. The Balaban J connectivity index is 1.51. The van der Waals surface area contributed by atoms with E-state index in [0.717, 1.165) is 16.7 Å². The average molecular weight is 418 g/mol. The first-order valence-electron chi connectivity index (χ1n) is 10.1. The Morgan fingerprint density at radius 2 is 1.84 bits per heavy atom. The number of nitrogens with one attached hydrogen (secondary N) is 1. The van der Waals surface area contributed by atoms with Gasteiger partial charge in [-0.05, 0) is 48.4 Å². The average Bonchev–Trinajstić information content (AvgIpc) is 2.93. The predicted molar refractivity (Wildman–Crippen MR) is 116 cm³/mol. The minimum atomic E-state index is -0.317. The number of anilines is 1. The van der Waals surface area contributed by atoms with Gasteiger partial charge in [-0.15, -0.1) is 0 Å². The van der Waals surface area contributed by atoms with Crippen LogP contribution in [0.2, 0.25) is 0 Å². The number of ether oxygens (including phenoxy) is 1. The number of nitrogens with zero attached hydrogens (tertiary/aromatic N) is 1. The van der Waals surface area contributed by atoms with E-state index < -0.39 is 0 Å². The third-order valence-corrected chi connectivity index (χ3v) is 5.38. The molecule has 0 saturated carbocycles. The number of hydrogen-bond acceptors (Lipinski definition) is 3. The van der Waals surface area contributed by atoms with E-state index in [2.05, 4.69) is 5.32 Å². The zero-order valence-electron chi connectivity index (χ0n) is 17.2. The molecule has 0 bridgehead atoms. The summed E-state index contributed by atoms with van der Waals surface area (Å²) in [5.41, 5.74) is 3.22. The molecule has 31 heavy (non-hydrogen) atoms. The maximum Gasteiger partial charge on any atom is 0.261 e. The second-order valence-electron chi connectivity index (χ2n) is 7.57. The number of carbonyl (C=O) groups excluding carboxylic acids is 2. The molecular formula is C25H23FN2O3. The lowest BCUT2D eigenvalue weighted by Crippen LogP contribution is -2.34. The van der Waals surface area contributed by atoms with Crippen LogP contribution < -0.4 is 10.1 Å². The summed E-state index contributed by atoms with van der Waals surface area (Å²) in [5, 5.41) is 2.91. The topological polar surface area (TPSA) is 58.6 Å². The van der Waals surface area contributed by atoms with Gasteiger partial charge < -0.3 is 15.0 Å². The third kappa shape index (κ3) is 4.91. The van der Waals surface area contributed by atoms with Gasteiger partial charge in [-0.25, -0.2) is 4.39 Å². The van der Waals surface area contributed by atoms with Crippen LogP contribution in [0.5, 0.6) is 5.75 Å². The van der Waals surface area contributed by atoms with Crippen LogP contribution in [0.25, 0.3) is 0 Å². The Bertz CT molecular complexity index is 1080. The van der Waals surface area contributed by atoms with Gasteiger partial charge in [-0.1, -0.05) is 42.5 Å². The molecule has 5 nitrogen and oxygen atoms in total. The van der Waals surface area contributed by atoms with Crippen molar-refractivity contribution in [2.45, 2.75) is 25.9 Å². The molecule has 6 heteroatoms. The molecular weight excluding hydrogens is 395 g/mol. The second kappa shape index (κ2) is 9.00. The molecule has 1 aliphatic rings. The first-order chi connectivity index (χ1) is 15.0. The number of carbonyl (C=O) groups is 2. The van der Waals surface area contributed by atoms with Gasteiger partial charge in [0.2, 0.25) is 5.91 Å². The Hall–Kier alpha value is -3.67. The molecule has 3 aromatic carbocycles. The fraction of sp³-hybridized carbons (Fsp3) is 0.200. The Labute approximate surface area is 180 Å². The summed E-state index contributed by atoms with van der Waals surface area (Å²) >= 11 is 0. The third-order valence-electron chi connectivity index (χ3n) is 5.38. The van der Waals surface area contributed by atoms with E-state index in [9.17, 15) is 14.0 Å². The van der Waals surface area contributed by atoms with Gasteiger partial charge in [-0.3, -0.25) is 9.59 Å². The molecule has 0 spiro atoms. The molecule has 2 amide bonds. The number of amides is 2. The fourth-order valence-corrected chi connectivity index (χ4v) is 3.68. The lowest BCUT2D eigenvalue weighted by atomic mass is 10.1. The van der Waals surface area contributed by atoms with Crippen LogP contribution in [-0.2, 0) is 22.6 Å². The van der Waals surface area contributed by atoms with Crippen molar-refractivity contribution in [3.8, 4) is 5.75 Å². The zero-order valence-corrected chi connectivity index (χ0v) is 17.2. The van der Waals surface area contributed by atoms with Gasteiger partial charge in [0, 0.05) is 11.3 Å². The van der Waals surface area contributed by atoms with E-state index in [4.69, 9.17) is 4.74 Å². The number of hydrogen-bond donors (Lipinski definition) is 1. The van der Waals surface area contributed by atoms with Crippen molar-refractivity contribution in [2.75, 3.05) is 11.9 Å². The number of fused-ring (bicyclic) bond motifs is 1. The van der Waals surface area contributed by atoms with Crippen molar-refractivity contribution >= 4 is 17.5 Å². The van der Waals surface area contributed by atoms with Crippen molar-refractivity contribution in [3.05, 3.63) is 95.3 Å². The van der Waals surface area contributed by atoms with Crippen LogP contribution in [0.4, 0.5) is 10.1 Å². The zero-order chi connectivity index (χ0) is 21.8. The second-order valence-corrected chi connectivity index (χ2v) is 7.57. The molecule has 1 N–H and O–H groups in total. The standard InChI is InChI=1S/C25H23FN2O3/c1-17(19-7-9-21(26)10-8-19)28-15-20-14-22(11-12-23(20)31-16-25(28)30)27-24(29)13-18-5-3-2-4-6-18/h2-12,14,17H,13,15-16H2,1H3,(H,27,29)/t17-/m1/s1. The molecule has 1 atom stereocenters. The van der Waals surface area contributed by atoms with Crippen molar-refractivity contribution in [1.82, 2.24) is 4.90 Å². The van der Waals surface area contributed by atoms with Crippen LogP contribution in [0.1, 0.15) is 29.7 Å². The van der Waals surface area contributed by atoms with E-state index >= 15 is 0 Å². The van der Waals surface area contributed by atoms with Crippen LogP contribution in [0.15, 0.2) is 72.8 Å². The van der Waals surface area contributed by atoms with E-state index in [1.54, 1.807) is 29.2 Å². The lowest BCUT2D eigenvalue weighted by Gasteiger charge is -2.28. The molecule has 0 aromatic heterocycles. The van der Waals surface area contributed by atoms with Gasteiger partial charge in [0.15, 0.2) is 6.61 Å². The van der Waals surface area contributed by atoms with Crippen molar-refractivity contribution in [3.63, 3.8) is 0 Å². The fourth-order valence-electron chi connectivity index (χ4n) is 3.68. The highest BCUT2D eigenvalue weighted by molar-refractivity contribution is 5.92. The van der Waals surface area contributed by atoms with Crippen LogP contribution >= 0.6 is 0 Å². The molecule has 4 rings (SSSR count). The summed E-state index contributed by atoms with van der Waals surface area (Å²) in [6.07, 6.45) is 0.278. The van der Waals surface area contributed by atoms with Crippen molar-refractivity contribution < 1.29 is 18.7 Å². The Kier molecular flexibility index (Phi) is 5.98. The van der Waals surface area contributed by atoms with Crippen LogP contribution in [0.3, 0.4) is 0 Å². The maximum atomic E-state index is 13.3. The molecule has 0 fully saturated rings. The monoisotopic (exact) mass is 418 g/mol. The number of rotatable bonds is 5. The van der Waals surface area contributed by atoms with Crippen LogP contribution in [0, 0.1) is 5.82 Å². The summed E-state index contributed by atoms with van der Waals surface area (Å²) in [5.74, 6) is 0.0295. The molecule has 158 valence electrons. The van der Waals surface area contributed by atoms with E-state index in [1.807, 2.05) is 43.3 Å². The Morgan fingerprint density at radius 3 is 2.58 bits per heavy atom. The molecule has 0 aliphatic carbocycles. The molecule has 0 unspecified atom stereocenters. The summed E-state index contributed by atoms with van der Waals surface area (Å²) in [7, 11) is 0. The summed E-state index contributed by atoms with van der Waals surface area (Å²) in [6, 6.07) is 20.8. The minimum absolute atomic E-state index is 0.0712. The van der Waals surface area contributed by atoms with E-state index in [1.165, 1.54) is 12.1 Å². The molecule has 3 aromatic rings. The minimum Gasteiger partial charge on any atom is -0.483 e. The largest absolute Gasteiger partial charge is 0.483 e. The predicted octanol–water partition coefficient (Wildman–Crippen LogP) is 4.49. The Morgan fingerprint density at radius 1 is 1.10 bits per heavy atom. The molecule has 0 saturated heterocycles. The van der Waals surface area contributed by atoms with Crippen LogP contribution in [-0.4, -0.2) is 23.3 Å². The van der Waals surface area contributed by atoms with Gasteiger partial charge in [-0.2, -0.15) is 0 Å². The summed E-state index contributed by atoms with van der Waals surface area (Å²) in [6.45, 7) is 2.16. The van der Waals surface area contributed by atoms with Gasteiger partial charge >= 0.3 is 0 Å². The highest BCUT2D eigenvalue weighted by Gasteiger charge is 2.27. The van der Waals surface area contributed by atoms with Gasteiger partial charge in [0.25, 0.3) is 5.91 Å². The van der Waals surface area contributed by atoms with E-state index in [-0.39, 0.29) is 36.7 Å². The summed E-state index contributed by atoms with van der Waals surface area (Å²) < 4.78 is 19.0. The number of halogens is 1. The van der Waals surface area contributed by atoms with Crippen molar-refractivity contribution in [2.24, 2.45) is 0 Å². The SMILES string of the molecule is C[C@H](c1ccc(F)cc1)N1Cc2cc(NC(=O)Cc3ccccc3)ccc2OCC1=O. The highest BCUT2D eigenvalue weighted by atomic mass is 19.1. The van der Waals surface area contributed by atoms with Gasteiger partial charge in [0.1, 0.15) is 11.6 Å². The van der Waals surface area contributed by atoms with Gasteiger partial charge in [0.05, 0.1) is 19.0 Å². The maximum absolute atomic E-state index is 13.3. The lowest BCUT2D eigenvalue weighted by molar-refractivity contribution is -0.135. The van der Waals surface area contributed by atoms with Crippen molar-refractivity contribution in [1.29, 1.82) is 0 Å². The smallest absolute Gasteiger partial charge is 0.261 e. The first kappa shape index (κ1) is 20.6. The summed E-state index contributed by atoms with van der Waals surface area (Å²) in [4.78, 5) is 26.8. The number of benzene rings is 3. The molecule has 1 aliphatic heterocycles.